The van der Waals surface area contributed by atoms with Crippen LogP contribution in [0.2, 0.25) is 5.02 Å². The number of ether oxygens (including phenoxy) is 3. The van der Waals surface area contributed by atoms with Gasteiger partial charge in [-0.2, -0.15) is 0 Å². The average molecular weight is 482 g/mol. The summed E-state index contributed by atoms with van der Waals surface area (Å²) in [5.41, 5.74) is 0.402. The molecule has 0 aliphatic rings. The molecule has 4 aromatic carbocycles. The highest BCUT2D eigenvalue weighted by atomic mass is 35.5. The molecule has 0 aliphatic heterocycles. The topological polar surface area (TPSA) is 73.9 Å². The summed E-state index contributed by atoms with van der Waals surface area (Å²) in [7, 11) is -2.22. The lowest BCUT2D eigenvalue weighted by Crippen LogP contribution is -2.12. The Morgan fingerprint density at radius 2 is 1.18 bits per heavy atom. The van der Waals surface area contributed by atoms with Gasteiger partial charge in [-0.05, 0) is 72.8 Å². The van der Waals surface area contributed by atoms with Gasteiger partial charge in [0, 0.05) is 5.69 Å². The van der Waals surface area contributed by atoms with Crippen LogP contribution in [0.1, 0.15) is 0 Å². The highest BCUT2D eigenvalue weighted by Gasteiger charge is 2.15. The molecule has 4 rings (SSSR count). The Kier molecular flexibility index (Phi) is 6.72. The molecule has 168 valence electrons. The number of hydrogen-bond donors (Lipinski definition) is 1. The average Bonchev–Trinajstić information content (AvgIpc) is 2.82. The van der Waals surface area contributed by atoms with Gasteiger partial charge in [-0.3, -0.25) is 4.72 Å². The molecule has 0 radical (unpaired) electrons. The van der Waals surface area contributed by atoms with E-state index in [0.717, 1.165) is 0 Å². The third kappa shape index (κ3) is 5.58. The summed E-state index contributed by atoms with van der Waals surface area (Å²) < 4.78 is 44.9. The summed E-state index contributed by atoms with van der Waals surface area (Å²) in [4.78, 5) is 0.100. The molecule has 1 N–H and O–H groups in total. The number of anilines is 1. The first-order valence-electron chi connectivity index (χ1n) is 9.91. The first-order valence-corrected chi connectivity index (χ1v) is 11.8. The molecule has 0 aromatic heterocycles. The van der Waals surface area contributed by atoms with E-state index in [1.807, 2.05) is 12.1 Å². The monoisotopic (exact) mass is 481 g/mol. The summed E-state index contributed by atoms with van der Waals surface area (Å²) in [6, 6.07) is 27.0. The Morgan fingerprint density at radius 1 is 0.667 bits per heavy atom. The third-order valence-electron chi connectivity index (χ3n) is 4.60. The summed E-state index contributed by atoms with van der Waals surface area (Å²) >= 11 is 6.09. The molecule has 0 saturated carbocycles. The van der Waals surface area contributed by atoms with Crippen LogP contribution in [0.15, 0.2) is 102 Å². The van der Waals surface area contributed by atoms with E-state index in [0.29, 0.717) is 39.5 Å². The lowest BCUT2D eigenvalue weighted by molar-refractivity contribution is 0.379. The molecule has 0 spiro atoms. The fourth-order valence-electron chi connectivity index (χ4n) is 2.98. The minimum atomic E-state index is -3.79. The highest BCUT2D eigenvalue weighted by molar-refractivity contribution is 7.92. The van der Waals surface area contributed by atoms with Crippen molar-refractivity contribution in [1.29, 1.82) is 0 Å². The summed E-state index contributed by atoms with van der Waals surface area (Å²) in [5, 5.41) is 0.467. The van der Waals surface area contributed by atoms with Crippen LogP contribution in [0.3, 0.4) is 0 Å². The maximum absolute atomic E-state index is 12.8. The van der Waals surface area contributed by atoms with E-state index >= 15 is 0 Å². The van der Waals surface area contributed by atoms with Crippen LogP contribution in [0.4, 0.5) is 5.69 Å². The fourth-order valence-corrected chi connectivity index (χ4v) is 4.21. The second-order valence-corrected chi connectivity index (χ2v) is 8.98. The molecule has 4 aromatic rings. The smallest absolute Gasteiger partial charge is 0.261 e. The molecule has 0 saturated heterocycles. The molecule has 0 bridgehead atoms. The molecule has 0 fully saturated rings. The van der Waals surface area contributed by atoms with Crippen molar-refractivity contribution in [3.05, 3.63) is 102 Å². The van der Waals surface area contributed by atoms with E-state index in [1.54, 1.807) is 79.9 Å². The largest absolute Gasteiger partial charge is 0.493 e. The molecule has 6 nitrogen and oxygen atoms in total. The number of hydrogen-bond acceptors (Lipinski definition) is 5. The minimum Gasteiger partial charge on any atom is -0.493 e. The number of benzene rings is 4. The van der Waals surface area contributed by atoms with E-state index in [-0.39, 0.29) is 4.90 Å². The normalized spacial score (nSPS) is 11.0. The summed E-state index contributed by atoms with van der Waals surface area (Å²) in [6.45, 7) is 0. The molecule has 33 heavy (non-hydrogen) atoms. The molecular weight excluding hydrogens is 462 g/mol. The van der Waals surface area contributed by atoms with Gasteiger partial charge in [0.15, 0.2) is 11.5 Å². The molecule has 0 aliphatic carbocycles. The van der Waals surface area contributed by atoms with Crippen LogP contribution in [0, 0.1) is 0 Å². The molecule has 8 heteroatoms. The van der Waals surface area contributed by atoms with Crippen molar-refractivity contribution >= 4 is 27.3 Å². The quantitative estimate of drug-likeness (QED) is 0.302. The van der Waals surface area contributed by atoms with E-state index in [2.05, 4.69) is 4.72 Å². The maximum atomic E-state index is 12.8. The fraction of sp³-hybridized carbons (Fsp3) is 0.0400. The molecular formula is C25H20ClNO5S. The van der Waals surface area contributed by atoms with Gasteiger partial charge in [-0.1, -0.05) is 35.9 Å². The van der Waals surface area contributed by atoms with Gasteiger partial charge < -0.3 is 14.2 Å². The van der Waals surface area contributed by atoms with Gasteiger partial charge in [0.25, 0.3) is 10.0 Å². The van der Waals surface area contributed by atoms with Crippen molar-refractivity contribution in [2.75, 3.05) is 11.8 Å². The molecule has 0 unspecified atom stereocenters. The Labute approximate surface area is 197 Å². The summed E-state index contributed by atoms with van der Waals surface area (Å²) in [6.07, 6.45) is 0. The number of para-hydroxylation sites is 3. The summed E-state index contributed by atoms with van der Waals surface area (Å²) in [5.74, 6) is 2.67. The SMILES string of the molecule is COc1ccccc1Oc1ccc(NS(=O)(=O)c2ccc(Oc3ccccc3Cl)cc2)cc1. The number of rotatable bonds is 8. The lowest BCUT2D eigenvalue weighted by atomic mass is 10.3. The Bertz CT molecular complexity index is 1340. The first-order chi connectivity index (χ1) is 15.9. The van der Waals surface area contributed by atoms with Crippen LogP contribution in [0.25, 0.3) is 0 Å². The molecule has 0 heterocycles. The second-order valence-electron chi connectivity index (χ2n) is 6.89. The van der Waals surface area contributed by atoms with Gasteiger partial charge in [-0.15, -0.1) is 0 Å². The van der Waals surface area contributed by atoms with Crippen molar-refractivity contribution in [3.8, 4) is 28.7 Å². The lowest BCUT2D eigenvalue weighted by Gasteiger charge is -2.12. The van der Waals surface area contributed by atoms with E-state index in [9.17, 15) is 8.42 Å². The Morgan fingerprint density at radius 3 is 1.79 bits per heavy atom. The van der Waals surface area contributed by atoms with E-state index < -0.39 is 10.0 Å². The number of methoxy groups -OCH3 is 1. The Hall–Kier alpha value is -3.68. The van der Waals surface area contributed by atoms with Crippen molar-refractivity contribution in [2.24, 2.45) is 0 Å². The molecule has 0 atom stereocenters. The second kappa shape index (κ2) is 9.85. The van der Waals surface area contributed by atoms with Gasteiger partial charge in [0.05, 0.1) is 17.0 Å². The molecule has 0 amide bonds. The van der Waals surface area contributed by atoms with Crippen LogP contribution < -0.4 is 18.9 Å². The standard InChI is InChI=1S/C25H20ClNO5S/c1-30-24-8-4-5-9-25(24)32-19-12-10-18(11-13-19)27-33(28,29)21-16-14-20(15-17-21)31-23-7-3-2-6-22(23)26/h2-17,27H,1H3. The Balaban J connectivity index is 1.43. The zero-order chi connectivity index (χ0) is 23.3. The minimum absolute atomic E-state index is 0.100. The van der Waals surface area contributed by atoms with Gasteiger partial charge in [0.2, 0.25) is 0 Å². The van der Waals surface area contributed by atoms with Crippen molar-refractivity contribution in [2.45, 2.75) is 4.90 Å². The van der Waals surface area contributed by atoms with Gasteiger partial charge in [-0.25, -0.2) is 8.42 Å². The van der Waals surface area contributed by atoms with Crippen molar-refractivity contribution in [1.82, 2.24) is 0 Å². The van der Waals surface area contributed by atoms with Crippen molar-refractivity contribution in [3.63, 3.8) is 0 Å². The number of nitrogens with one attached hydrogen (secondary N) is 1. The predicted octanol–water partition coefficient (Wildman–Crippen LogP) is 6.73. The maximum Gasteiger partial charge on any atom is 0.261 e. The van der Waals surface area contributed by atoms with Crippen LogP contribution in [-0.2, 0) is 10.0 Å². The zero-order valence-electron chi connectivity index (χ0n) is 17.6. The van der Waals surface area contributed by atoms with E-state index in [4.69, 9.17) is 25.8 Å². The van der Waals surface area contributed by atoms with Crippen LogP contribution in [0.5, 0.6) is 28.7 Å². The zero-order valence-corrected chi connectivity index (χ0v) is 19.1. The van der Waals surface area contributed by atoms with E-state index in [1.165, 1.54) is 12.1 Å². The predicted molar refractivity (Wildman–Crippen MR) is 128 cm³/mol. The van der Waals surface area contributed by atoms with Crippen LogP contribution >= 0.6 is 11.6 Å². The number of sulfonamides is 1. The van der Waals surface area contributed by atoms with Crippen LogP contribution in [-0.4, -0.2) is 15.5 Å². The first kappa shape index (κ1) is 22.5. The van der Waals surface area contributed by atoms with Gasteiger partial charge in [0.1, 0.15) is 17.2 Å². The third-order valence-corrected chi connectivity index (χ3v) is 6.31. The van der Waals surface area contributed by atoms with Crippen molar-refractivity contribution < 1.29 is 22.6 Å². The highest BCUT2D eigenvalue weighted by Crippen LogP contribution is 2.32. The van der Waals surface area contributed by atoms with Gasteiger partial charge >= 0.3 is 0 Å². The number of halogens is 1.